The highest BCUT2D eigenvalue weighted by Crippen LogP contribution is 2.16. The summed E-state index contributed by atoms with van der Waals surface area (Å²) in [6.07, 6.45) is 17.9. The van der Waals surface area contributed by atoms with Gasteiger partial charge in [-0.2, -0.15) is 0 Å². The van der Waals surface area contributed by atoms with Crippen LogP contribution in [0.5, 0.6) is 0 Å². The third-order valence-corrected chi connectivity index (χ3v) is 4.16. The number of allylic oxidation sites excluding steroid dienone is 4. The summed E-state index contributed by atoms with van der Waals surface area (Å²) in [7, 11) is 0. The van der Waals surface area contributed by atoms with Gasteiger partial charge in [-0.05, 0) is 25.3 Å². The van der Waals surface area contributed by atoms with Crippen LogP contribution in [-0.2, 0) is 9.59 Å². The van der Waals surface area contributed by atoms with Crippen LogP contribution in [0.1, 0.15) is 70.6 Å². The van der Waals surface area contributed by atoms with Crippen molar-refractivity contribution in [1.82, 2.24) is 0 Å². The zero-order chi connectivity index (χ0) is 15.3. The van der Waals surface area contributed by atoms with Crippen LogP contribution in [0.25, 0.3) is 0 Å². The van der Waals surface area contributed by atoms with Crippen LogP contribution in [0.3, 0.4) is 0 Å². The molecule has 2 nitrogen and oxygen atoms in total. The van der Waals surface area contributed by atoms with Crippen LogP contribution in [-0.4, -0.2) is 17.4 Å². The number of unbranched alkanes of at least 4 members (excludes halogenated alkanes) is 9. The summed E-state index contributed by atoms with van der Waals surface area (Å²) in [5, 5.41) is 0. The van der Waals surface area contributed by atoms with Crippen LogP contribution in [0.15, 0.2) is 23.8 Å². The van der Waals surface area contributed by atoms with Gasteiger partial charge in [0.2, 0.25) is 11.6 Å². The minimum absolute atomic E-state index is 0.311. The second kappa shape index (κ2) is 11.7. The predicted molar refractivity (Wildman–Crippen MR) is 88.7 cm³/mol. The average Bonchev–Trinajstić information content (AvgIpc) is 2.49. The first kappa shape index (κ1) is 18.2. The second-order valence-electron chi connectivity index (χ2n) is 5.72. The van der Waals surface area contributed by atoms with Crippen LogP contribution in [0.4, 0.5) is 0 Å². The number of hydrogen-bond donors (Lipinski definition) is 0. The largest absolute Gasteiger partial charge is 0.286 e. The molecule has 0 spiro atoms. The molecule has 0 aromatic rings. The summed E-state index contributed by atoms with van der Waals surface area (Å²) in [6, 6.07) is 0. The second-order valence-corrected chi connectivity index (χ2v) is 6.10. The normalized spacial score (nSPS) is 14.6. The number of halogens is 1. The number of alkyl halides is 1. The molecule has 3 heteroatoms. The summed E-state index contributed by atoms with van der Waals surface area (Å²) in [5.41, 5.74) is 0.682. The molecule has 1 aliphatic carbocycles. The fourth-order valence-corrected chi connectivity index (χ4v) is 2.77. The van der Waals surface area contributed by atoms with E-state index in [4.69, 9.17) is 11.6 Å². The molecule has 0 unspecified atom stereocenters. The minimum atomic E-state index is -0.373. The molecule has 0 radical (unpaired) electrons. The Bertz CT molecular complexity index is 383. The van der Waals surface area contributed by atoms with Crippen molar-refractivity contribution in [2.24, 2.45) is 0 Å². The Morgan fingerprint density at radius 1 is 0.762 bits per heavy atom. The van der Waals surface area contributed by atoms with E-state index in [1.165, 1.54) is 51.0 Å². The average molecular weight is 311 g/mol. The molecule has 0 bridgehead atoms. The van der Waals surface area contributed by atoms with Crippen molar-refractivity contribution in [1.29, 1.82) is 0 Å². The number of ketones is 2. The molecule has 0 saturated heterocycles. The predicted octanol–water partition coefficient (Wildman–Crippen LogP) is 5.15. The first-order chi connectivity index (χ1) is 10.3. The number of carbonyl (C=O) groups is 2. The monoisotopic (exact) mass is 310 g/mol. The van der Waals surface area contributed by atoms with Gasteiger partial charge < -0.3 is 0 Å². The highest BCUT2D eigenvalue weighted by Gasteiger charge is 2.17. The van der Waals surface area contributed by atoms with E-state index in [1.807, 2.05) is 0 Å². The molecular weight excluding hydrogens is 284 g/mol. The van der Waals surface area contributed by atoms with Crippen LogP contribution in [0, 0.1) is 0 Å². The summed E-state index contributed by atoms with van der Waals surface area (Å²) in [6.45, 7) is 0. The first-order valence-electron chi connectivity index (χ1n) is 8.27. The van der Waals surface area contributed by atoms with E-state index in [1.54, 1.807) is 12.2 Å². The molecule has 1 aliphatic rings. The van der Waals surface area contributed by atoms with Gasteiger partial charge in [0.25, 0.3) is 0 Å². The molecule has 1 rings (SSSR count). The zero-order valence-corrected chi connectivity index (χ0v) is 13.7. The molecule has 0 fully saturated rings. The number of carbonyl (C=O) groups excluding carboxylic acids is 2. The van der Waals surface area contributed by atoms with E-state index in [-0.39, 0.29) is 11.6 Å². The number of hydrogen-bond acceptors (Lipinski definition) is 2. The fraction of sp³-hybridized carbons (Fsp3) is 0.667. The molecular formula is C18H27ClO2. The summed E-state index contributed by atoms with van der Waals surface area (Å²) >= 11 is 5.64. The SMILES string of the molecule is O=C1C=CC=C(CCCCCCCCCCCCCl)C1=O. The van der Waals surface area contributed by atoms with Gasteiger partial charge >= 0.3 is 0 Å². The van der Waals surface area contributed by atoms with Crippen molar-refractivity contribution in [3.05, 3.63) is 23.8 Å². The minimum Gasteiger partial charge on any atom is -0.286 e. The molecule has 0 amide bonds. The van der Waals surface area contributed by atoms with E-state index in [2.05, 4.69) is 0 Å². The van der Waals surface area contributed by atoms with E-state index in [0.29, 0.717) is 5.57 Å². The van der Waals surface area contributed by atoms with Crippen LogP contribution >= 0.6 is 11.6 Å². The van der Waals surface area contributed by atoms with Gasteiger partial charge in [0.05, 0.1) is 0 Å². The molecule has 0 aliphatic heterocycles. The van der Waals surface area contributed by atoms with Gasteiger partial charge in [-0.1, -0.05) is 63.5 Å². The third kappa shape index (κ3) is 8.21. The standard InChI is InChI=1S/C18H27ClO2/c19-15-10-8-6-4-2-1-3-5-7-9-12-16-13-11-14-17(20)18(16)21/h11,13-14H,1-10,12,15H2. The molecule has 0 saturated carbocycles. The number of rotatable bonds is 12. The Morgan fingerprint density at radius 2 is 1.29 bits per heavy atom. The Morgan fingerprint density at radius 3 is 1.86 bits per heavy atom. The van der Waals surface area contributed by atoms with E-state index in [0.717, 1.165) is 31.6 Å². The van der Waals surface area contributed by atoms with Crippen molar-refractivity contribution in [2.75, 3.05) is 5.88 Å². The molecule has 118 valence electrons. The van der Waals surface area contributed by atoms with Gasteiger partial charge in [0, 0.05) is 11.5 Å². The van der Waals surface area contributed by atoms with E-state index < -0.39 is 0 Å². The lowest BCUT2D eigenvalue weighted by Crippen LogP contribution is -2.16. The van der Waals surface area contributed by atoms with Crippen molar-refractivity contribution in [2.45, 2.75) is 70.6 Å². The fourth-order valence-electron chi connectivity index (χ4n) is 2.58. The Labute approximate surface area is 133 Å². The molecule has 21 heavy (non-hydrogen) atoms. The maximum atomic E-state index is 11.6. The quantitative estimate of drug-likeness (QED) is 0.216. The molecule has 0 aromatic carbocycles. The van der Waals surface area contributed by atoms with Crippen LogP contribution < -0.4 is 0 Å². The summed E-state index contributed by atoms with van der Waals surface area (Å²) in [5.74, 6) is 0.108. The lowest BCUT2D eigenvalue weighted by atomic mass is 9.96. The highest BCUT2D eigenvalue weighted by molar-refractivity contribution is 6.48. The van der Waals surface area contributed by atoms with Gasteiger partial charge in [-0.15, -0.1) is 11.6 Å². The van der Waals surface area contributed by atoms with Crippen LogP contribution in [0.2, 0.25) is 0 Å². The topological polar surface area (TPSA) is 34.1 Å². The molecule has 0 N–H and O–H groups in total. The van der Waals surface area contributed by atoms with Gasteiger partial charge in [0.15, 0.2) is 0 Å². The zero-order valence-electron chi connectivity index (χ0n) is 12.9. The maximum absolute atomic E-state index is 11.6. The van der Waals surface area contributed by atoms with E-state index in [9.17, 15) is 9.59 Å². The highest BCUT2D eigenvalue weighted by atomic mass is 35.5. The van der Waals surface area contributed by atoms with Crippen molar-refractivity contribution in [3.63, 3.8) is 0 Å². The lowest BCUT2D eigenvalue weighted by Gasteiger charge is -2.07. The molecule has 0 heterocycles. The summed E-state index contributed by atoms with van der Waals surface area (Å²) < 4.78 is 0. The third-order valence-electron chi connectivity index (χ3n) is 3.89. The summed E-state index contributed by atoms with van der Waals surface area (Å²) in [4.78, 5) is 22.8. The number of Topliss-reactive ketones (excluding diaryl/α,β-unsaturated/α-hetero) is 1. The van der Waals surface area contributed by atoms with Crippen molar-refractivity contribution in [3.8, 4) is 0 Å². The Balaban J connectivity index is 1.91. The van der Waals surface area contributed by atoms with E-state index >= 15 is 0 Å². The van der Waals surface area contributed by atoms with Gasteiger partial charge in [-0.3, -0.25) is 9.59 Å². The molecule has 0 aromatic heterocycles. The van der Waals surface area contributed by atoms with Crippen molar-refractivity contribution >= 4 is 23.2 Å². The van der Waals surface area contributed by atoms with Gasteiger partial charge in [0.1, 0.15) is 0 Å². The first-order valence-corrected chi connectivity index (χ1v) is 8.81. The Kier molecular flexibility index (Phi) is 10.1. The Hall–Kier alpha value is -0.890. The van der Waals surface area contributed by atoms with Gasteiger partial charge in [-0.25, -0.2) is 0 Å². The molecule has 0 atom stereocenters. The smallest absolute Gasteiger partial charge is 0.228 e. The maximum Gasteiger partial charge on any atom is 0.228 e. The lowest BCUT2D eigenvalue weighted by molar-refractivity contribution is -0.131. The van der Waals surface area contributed by atoms with Crippen molar-refractivity contribution < 1.29 is 9.59 Å².